The summed E-state index contributed by atoms with van der Waals surface area (Å²) in [5.74, 6) is 0.632. The minimum absolute atomic E-state index is 0.0988. The number of anilines is 1. The molecule has 2 aliphatic heterocycles. The Morgan fingerprint density at radius 1 is 1.25 bits per heavy atom. The van der Waals surface area contributed by atoms with Gasteiger partial charge in [0.2, 0.25) is 0 Å². The molecule has 166 valence electrons. The molecule has 0 aliphatic carbocycles. The lowest BCUT2D eigenvalue weighted by molar-refractivity contribution is 0.0961. The van der Waals surface area contributed by atoms with E-state index in [9.17, 15) is 0 Å². The van der Waals surface area contributed by atoms with E-state index in [1.54, 1.807) is 7.11 Å². The van der Waals surface area contributed by atoms with Gasteiger partial charge in [-0.1, -0.05) is 17.7 Å². The van der Waals surface area contributed by atoms with Crippen molar-refractivity contribution in [3.05, 3.63) is 77.3 Å². The molecule has 0 unspecified atom stereocenters. The topological polar surface area (TPSA) is 51.5 Å². The maximum Gasteiger partial charge on any atom is 0.174 e. The van der Waals surface area contributed by atoms with Crippen LogP contribution in [0, 0.1) is 0 Å². The molecule has 0 amide bonds. The molecule has 2 saturated heterocycles. The van der Waals surface area contributed by atoms with Crippen molar-refractivity contribution in [2.45, 2.75) is 37.6 Å². The maximum absolute atomic E-state index is 6.48. The van der Waals surface area contributed by atoms with Crippen LogP contribution in [0.3, 0.4) is 0 Å². The number of methoxy groups -OCH3 is 1. The molecule has 0 saturated carbocycles. The van der Waals surface area contributed by atoms with Crippen LogP contribution in [0.2, 0.25) is 5.02 Å². The van der Waals surface area contributed by atoms with Gasteiger partial charge in [0, 0.05) is 36.9 Å². The van der Waals surface area contributed by atoms with Gasteiger partial charge in [-0.3, -0.25) is 4.98 Å². The van der Waals surface area contributed by atoms with Gasteiger partial charge in [-0.25, -0.2) is 0 Å². The molecule has 0 spiro atoms. The minimum atomic E-state index is -0.109. The van der Waals surface area contributed by atoms with Gasteiger partial charge in [-0.05, 0) is 67.5 Å². The number of nitrogens with zero attached hydrogens (tertiary/aromatic N) is 3. The lowest BCUT2D eigenvalue weighted by Crippen LogP contribution is -2.31. The van der Waals surface area contributed by atoms with Crippen LogP contribution >= 0.6 is 23.8 Å². The number of pyridine rings is 1. The number of hydrogen-bond acceptors (Lipinski definition) is 4. The first-order valence-electron chi connectivity index (χ1n) is 10.8. The summed E-state index contributed by atoms with van der Waals surface area (Å²) in [6, 6.07) is 15.7. The molecule has 3 aromatic rings. The molecule has 0 bridgehead atoms. The van der Waals surface area contributed by atoms with Crippen LogP contribution in [-0.4, -0.2) is 34.5 Å². The highest BCUT2D eigenvalue weighted by atomic mass is 35.5. The Kier molecular flexibility index (Phi) is 6.04. The first kappa shape index (κ1) is 21.2. The Morgan fingerprint density at radius 2 is 2.16 bits per heavy atom. The summed E-state index contributed by atoms with van der Waals surface area (Å²) in [5, 5.41) is 4.68. The number of ether oxygens (including phenoxy) is 2. The average Bonchev–Trinajstić information content (AvgIpc) is 3.55. The van der Waals surface area contributed by atoms with Crippen molar-refractivity contribution >= 4 is 34.6 Å². The molecule has 3 atom stereocenters. The quantitative estimate of drug-likeness (QED) is 0.519. The first-order valence-corrected chi connectivity index (χ1v) is 11.5. The predicted molar refractivity (Wildman–Crippen MR) is 129 cm³/mol. The van der Waals surface area contributed by atoms with Crippen LogP contribution < -0.4 is 15.0 Å². The van der Waals surface area contributed by atoms with E-state index in [0.29, 0.717) is 15.9 Å². The zero-order valence-corrected chi connectivity index (χ0v) is 19.4. The van der Waals surface area contributed by atoms with E-state index in [1.165, 1.54) is 0 Å². The van der Waals surface area contributed by atoms with Gasteiger partial charge in [0.05, 0.1) is 30.0 Å². The SMILES string of the molecule is COc1ccc(N2C(=S)N[C@@H](c3ccccn3)[C@@H]2c2cccn2C[C@@H]2CCCO2)cc1Cl. The molecule has 2 aliphatic rings. The third kappa shape index (κ3) is 3.96. The first-order chi connectivity index (χ1) is 15.7. The highest BCUT2D eigenvalue weighted by molar-refractivity contribution is 7.80. The van der Waals surface area contributed by atoms with E-state index < -0.39 is 0 Å². The molecule has 4 heterocycles. The van der Waals surface area contributed by atoms with Crippen LogP contribution in [0.4, 0.5) is 5.69 Å². The normalized spacial score (nSPS) is 22.9. The van der Waals surface area contributed by atoms with Crippen molar-refractivity contribution < 1.29 is 9.47 Å². The van der Waals surface area contributed by atoms with Crippen LogP contribution in [0.1, 0.15) is 36.3 Å². The Balaban J connectivity index is 1.58. The minimum Gasteiger partial charge on any atom is -0.495 e. The monoisotopic (exact) mass is 468 g/mol. The van der Waals surface area contributed by atoms with Crippen molar-refractivity contribution in [2.24, 2.45) is 0 Å². The fourth-order valence-corrected chi connectivity index (χ4v) is 5.21. The van der Waals surface area contributed by atoms with Gasteiger partial charge in [-0.15, -0.1) is 0 Å². The zero-order chi connectivity index (χ0) is 22.1. The van der Waals surface area contributed by atoms with Crippen LogP contribution in [0.25, 0.3) is 0 Å². The van der Waals surface area contributed by atoms with E-state index in [4.69, 9.17) is 33.3 Å². The second kappa shape index (κ2) is 9.10. The number of benzene rings is 1. The molecule has 0 radical (unpaired) electrons. The Labute approximate surface area is 198 Å². The van der Waals surface area contributed by atoms with Crippen molar-refractivity contribution in [1.29, 1.82) is 0 Å². The van der Waals surface area contributed by atoms with Gasteiger partial charge in [0.15, 0.2) is 5.11 Å². The number of halogens is 1. The second-order valence-corrected chi connectivity index (χ2v) is 8.83. The Bertz CT molecular complexity index is 1100. The van der Waals surface area contributed by atoms with E-state index in [2.05, 4.69) is 38.1 Å². The molecule has 8 heteroatoms. The van der Waals surface area contributed by atoms with E-state index in [0.717, 1.165) is 43.1 Å². The smallest absolute Gasteiger partial charge is 0.174 e. The Hall–Kier alpha value is -2.61. The summed E-state index contributed by atoms with van der Waals surface area (Å²) in [4.78, 5) is 6.76. The molecule has 1 aromatic carbocycles. The number of nitrogens with one attached hydrogen (secondary N) is 1. The van der Waals surface area contributed by atoms with Gasteiger partial charge >= 0.3 is 0 Å². The highest BCUT2D eigenvalue weighted by Gasteiger charge is 2.42. The number of aromatic nitrogens is 2. The summed E-state index contributed by atoms with van der Waals surface area (Å²) in [6.45, 7) is 1.65. The number of thiocarbonyl (C=S) groups is 1. The second-order valence-electron chi connectivity index (χ2n) is 8.04. The fourth-order valence-electron chi connectivity index (χ4n) is 4.61. The third-order valence-electron chi connectivity index (χ3n) is 6.10. The molecule has 1 N–H and O–H groups in total. The van der Waals surface area contributed by atoms with E-state index in [1.807, 2.05) is 42.6 Å². The lowest BCUT2D eigenvalue weighted by atomic mass is 10.0. The fraction of sp³-hybridized carbons (Fsp3) is 0.333. The molecular weight excluding hydrogens is 444 g/mol. The third-order valence-corrected chi connectivity index (χ3v) is 6.71. The van der Waals surface area contributed by atoms with Crippen LogP contribution in [-0.2, 0) is 11.3 Å². The predicted octanol–water partition coefficient (Wildman–Crippen LogP) is 4.90. The summed E-state index contributed by atoms with van der Waals surface area (Å²) >= 11 is 12.3. The molecular formula is C24H25ClN4O2S. The van der Waals surface area contributed by atoms with Gasteiger partial charge in [-0.2, -0.15) is 0 Å². The van der Waals surface area contributed by atoms with Crippen molar-refractivity contribution in [3.8, 4) is 5.75 Å². The van der Waals surface area contributed by atoms with Gasteiger partial charge in [0.1, 0.15) is 11.8 Å². The van der Waals surface area contributed by atoms with Crippen LogP contribution in [0.15, 0.2) is 60.9 Å². The molecule has 2 aromatic heterocycles. The summed E-state index contributed by atoms with van der Waals surface area (Å²) in [5.41, 5.74) is 2.99. The number of rotatable bonds is 6. The maximum atomic E-state index is 6.48. The highest BCUT2D eigenvalue weighted by Crippen LogP contribution is 2.43. The Morgan fingerprint density at radius 3 is 2.88 bits per heavy atom. The average molecular weight is 469 g/mol. The number of hydrogen-bond donors (Lipinski definition) is 1. The summed E-state index contributed by atoms with van der Waals surface area (Å²) in [7, 11) is 1.61. The molecule has 5 rings (SSSR count). The lowest BCUT2D eigenvalue weighted by Gasteiger charge is -2.29. The standard InChI is InChI=1S/C24H25ClN4O2S/c1-30-21-10-9-16(14-18(21)25)29-23(22(27-24(29)32)19-7-2-3-11-26-19)20-8-4-12-28(20)15-17-6-5-13-31-17/h2-4,7-12,14,17,22-23H,5-6,13,15H2,1H3,(H,27,32)/t17-,22-,23-/m0/s1. The zero-order valence-electron chi connectivity index (χ0n) is 17.8. The summed E-state index contributed by atoms with van der Waals surface area (Å²) in [6.07, 6.45) is 6.37. The van der Waals surface area contributed by atoms with Gasteiger partial charge in [0.25, 0.3) is 0 Å². The van der Waals surface area contributed by atoms with Crippen LogP contribution in [0.5, 0.6) is 5.75 Å². The van der Waals surface area contributed by atoms with Crippen molar-refractivity contribution in [3.63, 3.8) is 0 Å². The van der Waals surface area contributed by atoms with Crippen molar-refractivity contribution in [2.75, 3.05) is 18.6 Å². The molecule has 2 fully saturated rings. The largest absolute Gasteiger partial charge is 0.495 e. The van der Waals surface area contributed by atoms with E-state index >= 15 is 0 Å². The van der Waals surface area contributed by atoms with E-state index in [-0.39, 0.29) is 18.2 Å². The van der Waals surface area contributed by atoms with Gasteiger partial charge < -0.3 is 24.3 Å². The molecule has 6 nitrogen and oxygen atoms in total. The molecule has 32 heavy (non-hydrogen) atoms. The van der Waals surface area contributed by atoms with Crippen molar-refractivity contribution in [1.82, 2.24) is 14.9 Å². The summed E-state index contributed by atoms with van der Waals surface area (Å²) < 4.78 is 13.5.